The Hall–Kier alpha value is -2.81. The molecule has 128 valence electrons. The topological polar surface area (TPSA) is 32.3 Å². The Kier molecular flexibility index (Phi) is 4.75. The van der Waals surface area contributed by atoms with Crippen molar-refractivity contribution in [2.75, 3.05) is 23.8 Å². The Morgan fingerprint density at radius 1 is 0.920 bits per heavy atom. The molecule has 0 saturated heterocycles. The van der Waals surface area contributed by atoms with Gasteiger partial charge in [0.15, 0.2) is 0 Å². The van der Waals surface area contributed by atoms with Gasteiger partial charge < -0.3 is 10.2 Å². The molecule has 0 heterocycles. The van der Waals surface area contributed by atoms with Gasteiger partial charge in [-0.3, -0.25) is 4.79 Å². The molecule has 0 aliphatic rings. The van der Waals surface area contributed by atoms with Crippen LogP contribution in [0.3, 0.4) is 0 Å². The van der Waals surface area contributed by atoms with E-state index in [9.17, 15) is 4.79 Å². The number of benzene rings is 3. The van der Waals surface area contributed by atoms with E-state index in [-0.39, 0.29) is 5.91 Å². The average molecular weight is 332 g/mol. The Bertz CT molecular complexity index is 907. The fraction of sp³-hybridized carbons (Fsp3) is 0.227. The van der Waals surface area contributed by atoms with Gasteiger partial charge in [0, 0.05) is 18.4 Å². The number of aryl methyl sites for hydroxylation is 3. The second kappa shape index (κ2) is 6.98. The quantitative estimate of drug-likeness (QED) is 0.741. The van der Waals surface area contributed by atoms with E-state index in [1.807, 2.05) is 37.9 Å². The van der Waals surface area contributed by atoms with Gasteiger partial charge in [-0.25, -0.2) is 0 Å². The standard InChI is InChI=1S/C22H24N2O/c1-15-11-16(2)22(17(3)12-15)23-21(25)14-24(4)20-10-9-18-7-5-6-8-19(18)13-20/h5-13H,14H2,1-4H3,(H,23,25). The minimum atomic E-state index is -0.00860. The minimum Gasteiger partial charge on any atom is -0.365 e. The average Bonchev–Trinajstić information content (AvgIpc) is 2.57. The molecule has 1 N–H and O–H groups in total. The van der Waals surface area contributed by atoms with Gasteiger partial charge in [-0.2, -0.15) is 0 Å². The monoisotopic (exact) mass is 332 g/mol. The number of carbonyl (C=O) groups excluding carboxylic acids is 1. The summed E-state index contributed by atoms with van der Waals surface area (Å²) >= 11 is 0. The van der Waals surface area contributed by atoms with Gasteiger partial charge in [-0.1, -0.05) is 48.0 Å². The molecule has 0 aliphatic heterocycles. The van der Waals surface area contributed by atoms with Crippen LogP contribution in [0.15, 0.2) is 54.6 Å². The van der Waals surface area contributed by atoms with E-state index >= 15 is 0 Å². The van der Waals surface area contributed by atoms with E-state index in [1.165, 1.54) is 16.3 Å². The van der Waals surface area contributed by atoms with Gasteiger partial charge in [0.1, 0.15) is 0 Å². The molecule has 3 nitrogen and oxygen atoms in total. The number of hydrogen-bond acceptors (Lipinski definition) is 2. The van der Waals surface area contributed by atoms with Gasteiger partial charge >= 0.3 is 0 Å². The fourth-order valence-electron chi connectivity index (χ4n) is 3.28. The van der Waals surface area contributed by atoms with Crippen LogP contribution in [0.2, 0.25) is 0 Å². The molecule has 0 atom stereocenters. The van der Waals surface area contributed by atoms with E-state index in [0.29, 0.717) is 6.54 Å². The van der Waals surface area contributed by atoms with Crippen LogP contribution >= 0.6 is 0 Å². The number of nitrogens with zero attached hydrogens (tertiary/aromatic N) is 1. The Balaban J connectivity index is 1.73. The summed E-state index contributed by atoms with van der Waals surface area (Å²) in [4.78, 5) is 14.5. The van der Waals surface area contributed by atoms with E-state index in [2.05, 4.69) is 54.7 Å². The summed E-state index contributed by atoms with van der Waals surface area (Å²) in [7, 11) is 1.94. The third kappa shape index (κ3) is 3.82. The van der Waals surface area contributed by atoms with Crippen molar-refractivity contribution in [3.63, 3.8) is 0 Å². The number of hydrogen-bond donors (Lipinski definition) is 1. The van der Waals surface area contributed by atoms with Gasteiger partial charge in [0.2, 0.25) is 5.91 Å². The van der Waals surface area contributed by atoms with Crippen LogP contribution in [0.25, 0.3) is 10.8 Å². The molecule has 0 spiro atoms. The molecule has 0 unspecified atom stereocenters. The van der Waals surface area contributed by atoms with E-state index in [0.717, 1.165) is 22.5 Å². The molecule has 3 aromatic rings. The van der Waals surface area contributed by atoms with Gasteiger partial charge in [-0.05, 0) is 54.8 Å². The van der Waals surface area contributed by atoms with E-state index in [4.69, 9.17) is 0 Å². The molecular formula is C22H24N2O. The second-order valence-electron chi connectivity index (χ2n) is 6.71. The summed E-state index contributed by atoms with van der Waals surface area (Å²) in [6, 6.07) is 18.7. The van der Waals surface area contributed by atoms with Crippen molar-refractivity contribution in [1.29, 1.82) is 0 Å². The first-order chi connectivity index (χ1) is 11.9. The van der Waals surface area contributed by atoms with Crippen LogP contribution in [-0.4, -0.2) is 19.5 Å². The summed E-state index contributed by atoms with van der Waals surface area (Å²) in [6.07, 6.45) is 0. The van der Waals surface area contributed by atoms with Gasteiger partial charge in [0.05, 0.1) is 6.54 Å². The molecule has 1 amide bonds. The van der Waals surface area contributed by atoms with Gasteiger partial charge in [0.25, 0.3) is 0 Å². The van der Waals surface area contributed by atoms with Crippen LogP contribution in [0.1, 0.15) is 16.7 Å². The number of rotatable bonds is 4. The molecular weight excluding hydrogens is 308 g/mol. The zero-order chi connectivity index (χ0) is 18.0. The Morgan fingerprint density at radius 3 is 2.24 bits per heavy atom. The highest BCUT2D eigenvalue weighted by atomic mass is 16.2. The van der Waals surface area contributed by atoms with E-state index < -0.39 is 0 Å². The maximum atomic E-state index is 12.5. The lowest BCUT2D eigenvalue weighted by Crippen LogP contribution is -2.30. The Morgan fingerprint density at radius 2 is 1.56 bits per heavy atom. The van der Waals surface area contributed by atoms with Crippen LogP contribution in [-0.2, 0) is 4.79 Å². The molecule has 3 heteroatoms. The Labute approximate surface area is 149 Å². The molecule has 0 aromatic heterocycles. The predicted octanol–water partition coefficient (Wildman–Crippen LogP) is 4.84. The maximum absolute atomic E-state index is 12.5. The fourth-order valence-corrected chi connectivity index (χ4v) is 3.28. The van der Waals surface area contributed by atoms with E-state index in [1.54, 1.807) is 0 Å². The highest BCUT2D eigenvalue weighted by Gasteiger charge is 2.11. The summed E-state index contributed by atoms with van der Waals surface area (Å²) in [5.74, 6) is -0.00860. The molecule has 25 heavy (non-hydrogen) atoms. The molecule has 0 fully saturated rings. The lowest BCUT2D eigenvalue weighted by Gasteiger charge is -2.20. The summed E-state index contributed by atoms with van der Waals surface area (Å²) in [5.41, 5.74) is 5.36. The first kappa shape index (κ1) is 17.0. The minimum absolute atomic E-state index is 0.00860. The highest BCUT2D eigenvalue weighted by molar-refractivity contribution is 5.96. The second-order valence-corrected chi connectivity index (χ2v) is 6.71. The summed E-state index contributed by atoms with van der Waals surface area (Å²) in [6.45, 7) is 6.44. The third-order valence-electron chi connectivity index (χ3n) is 4.50. The van der Waals surface area contributed by atoms with Crippen molar-refractivity contribution in [3.8, 4) is 0 Å². The first-order valence-corrected chi connectivity index (χ1v) is 8.51. The first-order valence-electron chi connectivity index (χ1n) is 8.51. The third-order valence-corrected chi connectivity index (χ3v) is 4.50. The number of carbonyl (C=O) groups is 1. The molecule has 0 radical (unpaired) electrons. The molecule has 3 aromatic carbocycles. The normalized spacial score (nSPS) is 10.7. The lowest BCUT2D eigenvalue weighted by atomic mass is 10.1. The molecule has 0 bridgehead atoms. The highest BCUT2D eigenvalue weighted by Crippen LogP contribution is 2.23. The number of anilines is 2. The number of fused-ring (bicyclic) bond motifs is 1. The smallest absolute Gasteiger partial charge is 0.243 e. The zero-order valence-corrected chi connectivity index (χ0v) is 15.3. The van der Waals surface area contributed by atoms with Crippen molar-refractivity contribution >= 4 is 28.1 Å². The van der Waals surface area contributed by atoms with Crippen molar-refractivity contribution in [3.05, 3.63) is 71.3 Å². The van der Waals surface area contributed by atoms with Gasteiger partial charge in [-0.15, -0.1) is 0 Å². The SMILES string of the molecule is Cc1cc(C)c(NC(=O)CN(C)c2ccc3ccccc3c2)c(C)c1. The van der Waals surface area contributed by atoms with Crippen molar-refractivity contribution < 1.29 is 4.79 Å². The molecule has 3 rings (SSSR count). The zero-order valence-electron chi connectivity index (χ0n) is 15.3. The van der Waals surface area contributed by atoms with Crippen LogP contribution in [0.5, 0.6) is 0 Å². The summed E-state index contributed by atoms with van der Waals surface area (Å²) in [5, 5.41) is 5.44. The maximum Gasteiger partial charge on any atom is 0.243 e. The van der Waals surface area contributed by atoms with Crippen LogP contribution in [0, 0.1) is 20.8 Å². The number of likely N-dealkylation sites (N-methyl/N-ethyl adjacent to an activating group) is 1. The largest absolute Gasteiger partial charge is 0.365 e. The predicted molar refractivity (Wildman–Crippen MR) is 107 cm³/mol. The van der Waals surface area contributed by atoms with Crippen LogP contribution in [0.4, 0.5) is 11.4 Å². The lowest BCUT2D eigenvalue weighted by molar-refractivity contribution is -0.114. The van der Waals surface area contributed by atoms with Crippen LogP contribution < -0.4 is 10.2 Å². The van der Waals surface area contributed by atoms with Crippen molar-refractivity contribution in [2.45, 2.75) is 20.8 Å². The summed E-state index contributed by atoms with van der Waals surface area (Å²) < 4.78 is 0. The molecule has 0 saturated carbocycles. The van der Waals surface area contributed by atoms with Crippen molar-refractivity contribution in [1.82, 2.24) is 0 Å². The number of amides is 1. The number of nitrogens with one attached hydrogen (secondary N) is 1. The van der Waals surface area contributed by atoms with Crippen molar-refractivity contribution in [2.24, 2.45) is 0 Å². The molecule has 0 aliphatic carbocycles.